The second kappa shape index (κ2) is 8.24. The lowest BCUT2D eigenvalue weighted by molar-refractivity contribution is 0.102. The van der Waals surface area contributed by atoms with Gasteiger partial charge in [0.15, 0.2) is 5.69 Å². The van der Waals surface area contributed by atoms with Gasteiger partial charge in [-0.25, -0.2) is 4.98 Å². The van der Waals surface area contributed by atoms with Crippen LogP contribution in [-0.2, 0) is 11.2 Å². The third-order valence-corrected chi connectivity index (χ3v) is 5.04. The number of carbonyl (C=O) groups is 1. The first-order chi connectivity index (χ1) is 14.0. The Kier molecular flexibility index (Phi) is 5.53. The van der Waals surface area contributed by atoms with Crippen LogP contribution in [0.15, 0.2) is 30.7 Å². The highest BCUT2D eigenvalue weighted by molar-refractivity contribution is 6.03. The molecular formula is C21H27N5O3. The Morgan fingerprint density at radius 2 is 2.28 bits per heavy atom. The highest BCUT2D eigenvalue weighted by atomic mass is 16.5. The number of amides is 1. The number of imidazole rings is 1. The molecule has 8 heteroatoms. The fourth-order valence-electron chi connectivity index (χ4n) is 3.51. The third kappa shape index (κ3) is 4.27. The van der Waals surface area contributed by atoms with Crippen LogP contribution in [0.25, 0.3) is 5.65 Å². The summed E-state index contributed by atoms with van der Waals surface area (Å²) in [7, 11) is 0. The molecule has 4 heterocycles. The minimum Gasteiger partial charge on any atom is -0.491 e. The maximum absolute atomic E-state index is 12.7. The molecule has 0 bridgehead atoms. The monoisotopic (exact) mass is 397 g/mol. The summed E-state index contributed by atoms with van der Waals surface area (Å²) in [6.07, 6.45) is 7.62. The Morgan fingerprint density at radius 3 is 2.97 bits per heavy atom. The van der Waals surface area contributed by atoms with E-state index in [1.165, 1.54) is 0 Å². The van der Waals surface area contributed by atoms with Crippen molar-refractivity contribution in [1.29, 1.82) is 0 Å². The molecule has 29 heavy (non-hydrogen) atoms. The van der Waals surface area contributed by atoms with E-state index in [-0.39, 0.29) is 11.9 Å². The van der Waals surface area contributed by atoms with Crippen LogP contribution in [0.4, 0.5) is 5.69 Å². The first-order valence-electron chi connectivity index (χ1n) is 10.1. The molecule has 1 unspecified atom stereocenters. The van der Waals surface area contributed by atoms with Crippen molar-refractivity contribution in [3.8, 4) is 5.75 Å². The SMILES string of the molecule is CCOc1cc2nc(CC3CCOC3)cn2cc1NC(=O)c1ccn(C(C)C)n1. The van der Waals surface area contributed by atoms with Crippen LogP contribution in [0.1, 0.15) is 49.4 Å². The molecule has 4 rings (SSSR count). The molecule has 1 aliphatic heterocycles. The molecule has 1 amide bonds. The third-order valence-electron chi connectivity index (χ3n) is 5.04. The number of nitrogens with one attached hydrogen (secondary N) is 1. The van der Waals surface area contributed by atoms with Gasteiger partial charge in [0.25, 0.3) is 5.91 Å². The Bertz CT molecular complexity index is 1000. The Labute approximate surface area is 169 Å². The first-order valence-corrected chi connectivity index (χ1v) is 10.1. The molecule has 3 aromatic rings. The van der Waals surface area contributed by atoms with Crippen molar-refractivity contribution in [2.75, 3.05) is 25.1 Å². The number of fused-ring (bicyclic) bond motifs is 1. The molecular weight excluding hydrogens is 370 g/mol. The molecule has 0 radical (unpaired) electrons. The minimum atomic E-state index is -0.270. The number of aromatic nitrogens is 4. The predicted molar refractivity (Wildman–Crippen MR) is 110 cm³/mol. The van der Waals surface area contributed by atoms with Crippen LogP contribution in [0.3, 0.4) is 0 Å². The van der Waals surface area contributed by atoms with Gasteiger partial charge in [-0.1, -0.05) is 0 Å². The highest BCUT2D eigenvalue weighted by Gasteiger charge is 2.19. The summed E-state index contributed by atoms with van der Waals surface area (Å²) in [5.41, 5.74) is 2.77. The lowest BCUT2D eigenvalue weighted by Gasteiger charge is -2.11. The van der Waals surface area contributed by atoms with Gasteiger partial charge >= 0.3 is 0 Å². The van der Waals surface area contributed by atoms with E-state index in [1.807, 2.05) is 43.6 Å². The van der Waals surface area contributed by atoms with Crippen molar-refractivity contribution in [3.05, 3.63) is 42.1 Å². The molecule has 0 saturated carbocycles. The molecule has 0 aromatic carbocycles. The van der Waals surface area contributed by atoms with Crippen LogP contribution in [-0.4, -0.2) is 44.9 Å². The predicted octanol–water partition coefficient (Wildman–Crippen LogP) is 3.34. The van der Waals surface area contributed by atoms with Crippen LogP contribution >= 0.6 is 0 Å². The molecule has 1 atom stereocenters. The highest BCUT2D eigenvalue weighted by Crippen LogP contribution is 2.28. The lowest BCUT2D eigenvalue weighted by atomic mass is 10.0. The van der Waals surface area contributed by atoms with Gasteiger partial charge in [0.05, 0.1) is 12.3 Å². The van der Waals surface area contributed by atoms with Crippen molar-refractivity contribution in [3.63, 3.8) is 0 Å². The molecule has 0 spiro atoms. The van der Waals surface area contributed by atoms with Crippen molar-refractivity contribution in [1.82, 2.24) is 19.2 Å². The van der Waals surface area contributed by atoms with Gasteiger partial charge in [-0.3, -0.25) is 9.48 Å². The van der Waals surface area contributed by atoms with Crippen LogP contribution < -0.4 is 10.1 Å². The zero-order valence-electron chi connectivity index (χ0n) is 17.1. The largest absolute Gasteiger partial charge is 0.491 e. The number of ether oxygens (including phenoxy) is 2. The van der Waals surface area contributed by atoms with Gasteiger partial charge in [0, 0.05) is 43.9 Å². The molecule has 3 aromatic heterocycles. The van der Waals surface area contributed by atoms with Gasteiger partial charge < -0.3 is 19.2 Å². The molecule has 1 N–H and O–H groups in total. The maximum atomic E-state index is 12.7. The second-order valence-electron chi connectivity index (χ2n) is 7.64. The molecule has 0 aliphatic carbocycles. The Balaban J connectivity index is 1.59. The van der Waals surface area contributed by atoms with Gasteiger partial charge in [-0.05, 0) is 45.6 Å². The topological polar surface area (TPSA) is 82.7 Å². The van der Waals surface area contributed by atoms with Crippen molar-refractivity contribution in [2.24, 2.45) is 5.92 Å². The summed E-state index contributed by atoms with van der Waals surface area (Å²) in [5, 5.41) is 7.27. The van der Waals surface area contributed by atoms with Gasteiger partial charge in [0.1, 0.15) is 17.1 Å². The van der Waals surface area contributed by atoms with Crippen LogP contribution in [0.5, 0.6) is 5.75 Å². The number of carbonyl (C=O) groups excluding carboxylic acids is 1. The summed E-state index contributed by atoms with van der Waals surface area (Å²) in [4.78, 5) is 17.4. The molecule has 8 nitrogen and oxygen atoms in total. The summed E-state index contributed by atoms with van der Waals surface area (Å²) in [5.74, 6) is 0.840. The number of hydrogen-bond donors (Lipinski definition) is 1. The van der Waals surface area contributed by atoms with Crippen LogP contribution in [0, 0.1) is 5.92 Å². The fourth-order valence-corrected chi connectivity index (χ4v) is 3.51. The van der Waals surface area contributed by atoms with Gasteiger partial charge in [-0.2, -0.15) is 5.10 Å². The molecule has 1 aliphatic rings. The van der Waals surface area contributed by atoms with Gasteiger partial charge in [0.2, 0.25) is 0 Å². The smallest absolute Gasteiger partial charge is 0.276 e. The number of hydrogen-bond acceptors (Lipinski definition) is 5. The normalized spacial score (nSPS) is 16.6. The number of nitrogens with zero attached hydrogens (tertiary/aromatic N) is 4. The summed E-state index contributed by atoms with van der Waals surface area (Å²) in [6.45, 7) is 8.07. The Hall–Kier alpha value is -2.87. The maximum Gasteiger partial charge on any atom is 0.276 e. The van der Waals surface area contributed by atoms with E-state index in [0.717, 1.165) is 37.4 Å². The molecule has 1 saturated heterocycles. The molecule has 1 fully saturated rings. The van der Waals surface area contributed by atoms with E-state index < -0.39 is 0 Å². The summed E-state index contributed by atoms with van der Waals surface area (Å²) >= 11 is 0. The van der Waals surface area contributed by atoms with E-state index in [1.54, 1.807) is 16.9 Å². The zero-order valence-corrected chi connectivity index (χ0v) is 17.1. The molecule has 154 valence electrons. The Morgan fingerprint density at radius 1 is 1.41 bits per heavy atom. The number of rotatable bonds is 7. The van der Waals surface area contributed by atoms with E-state index in [0.29, 0.717) is 29.7 Å². The number of pyridine rings is 1. The van der Waals surface area contributed by atoms with Crippen molar-refractivity contribution >= 4 is 17.2 Å². The summed E-state index contributed by atoms with van der Waals surface area (Å²) in [6, 6.07) is 3.77. The van der Waals surface area contributed by atoms with Crippen molar-refractivity contribution in [2.45, 2.75) is 39.7 Å². The standard InChI is InChI=1S/C21H27N5O3/c1-4-29-19-10-20-22-16(9-15-6-8-28-13-15)11-25(20)12-18(19)23-21(27)17-5-7-26(24-17)14(2)3/h5,7,10-12,14-15H,4,6,8-9,13H2,1-3H3,(H,23,27). The number of anilines is 1. The van der Waals surface area contributed by atoms with E-state index in [4.69, 9.17) is 14.5 Å². The van der Waals surface area contributed by atoms with Gasteiger partial charge in [-0.15, -0.1) is 0 Å². The average molecular weight is 397 g/mol. The lowest BCUT2D eigenvalue weighted by Crippen LogP contribution is -2.15. The first kappa shape index (κ1) is 19.4. The van der Waals surface area contributed by atoms with Crippen LogP contribution in [0.2, 0.25) is 0 Å². The van der Waals surface area contributed by atoms with E-state index in [2.05, 4.69) is 10.4 Å². The van der Waals surface area contributed by atoms with Crippen molar-refractivity contribution < 1.29 is 14.3 Å². The zero-order chi connectivity index (χ0) is 20.4. The van der Waals surface area contributed by atoms with E-state index >= 15 is 0 Å². The second-order valence-corrected chi connectivity index (χ2v) is 7.64. The quantitative estimate of drug-likeness (QED) is 0.661. The summed E-state index contributed by atoms with van der Waals surface area (Å²) < 4.78 is 14.9. The van der Waals surface area contributed by atoms with E-state index in [9.17, 15) is 4.79 Å². The fraction of sp³-hybridized carbons (Fsp3) is 0.476. The average Bonchev–Trinajstić information content (AvgIpc) is 3.42. The minimum absolute atomic E-state index is 0.196.